The normalized spacial score (nSPS) is 8.57. The van der Waals surface area contributed by atoms with Crippen molar-refractivity contribution in [3.05, 3.63) is 0 Å². The second kappa shape index (κ2) is 5.96. The van der Waals surface area contributed by atoms with Crippen molar-refractivity contribution in [1.82, 2.24) is 0 Å². The zero-order valence-electron chi connectivity index (χ0n) is 2.58. The molecule has 0 bridgehead atoms. The molecule has 0 aliphatic heterocycles. The van der Waals surface area contributed by atoms with Crippen molar-refractivity contribution in [2.24, 2.45) is 0 Å². The number of hydrogen-bond donors (Lipinski definition) is 4. The van der Waals surface area contributed by atoms with E-state index in [4.69, 9.17) is 19.2 Å². The van der Waals surface area contributed by atoms with Crippen molar-refractivity contribution in [2.75, 3.05) is 0 Å². The van der Waals surface area contributed by atoms with Gasteiger partial charge in [0.2, 0.25) is 0 Å². The molecule has 0 aliphatic rings. The molecule has 0 atom stereocenters. The summed E-state index contributed by atoms with van der Waals surface area (Å²) in [5.41, 5.74) is 0. The van der Waals surface area contributed by atoms with Crippen LogP contribution in [0.2, 0.25) is 0 Å². The third-order valence-corrected chi connectivity index (χ3v) is 0. The van der Waals surface area contributed by atoms with Crippen molar-refractivity contribution >= 4 is 26.4 Å². The molecule has 7 heteroatoms. The maximum Gasteiger partial charge on any atom is 0.668 e. The summed E-state index contributed by atoms with van der Waals surface area (Å²) in [6.07, 6.45) is 0. The maximum absolute atomic E-state index is 7.33. The Kier molecular flexibility index (Phi) is 13.6. The Balaban J connectivity index is -0.0000000800. The summed E-state index contributed by atoms with van der Waals surface area (Å²) < 4.78 is 0. The van der Waals surface area contributed by atoms with Gasteiger partial charge in [0.25, 0.3) is 0 Å². The largest absolute Gasteiger partial charge is 0.668 e. The molecule has 50 valence electrons. The van der Waals surface area contributed by atoms with Crippen molar-refractivity contribution in [3.63, 3.8) is 0 Å². The van der Waals surface area contributed by atoms with Crippen LogP contribution in [0.4, 0.5) is 0 Å². The second-order valence-corrected chi connectivity index (χ2v) is 1.80. The van der Waals surface area contributed by atoms with Crippen LogP contribution in [0.5, 0.6) is 0 Å². The molecule has 0 spiro atoms. The quantitative estimate of drug-likeness (QED) is 0.346. The minimum absolute atomic E-state index is 0. The summed E-state index contributed by atoms with van der Waals surface area (Å²) in [7, 11) is -4.61. The molecule has 7 heavy (non-hydrogen) atoms. The van der Waals surface area contributed by atoms with Crippen LogP contribution in [-0.2, 0) is 0 Å². The Morgan fingerprint density at radius 2 is 0.857 bits per heavy atom. The van der Waals surface area contributed by atoms with E-state index in [-0.39, 0.29) is 54.7 Å². The topological polar surface area (TPSA) is 80.9 Å². The Labute approximate surface area is 82.0 Å². The Morgan fingerprint density at radius 1 is 0.857 bits per heavy atom. The van der Waals surface area contributed by atoms with Crippen molar-refractivity contribution < 1.29 is 56.5 Å². The number of rotatable bonds is 0. The fourth-order valence-corrected chi connectivity index (χ4v) is 0. The first-order valence-corrected chi connectivity index (χ1v) is 2.68. The van der Waals surface area contributed by atoms with Gasteiger partial charge in [-0.15, -0.1) is 0 Å². The fourth-order valence-electron chi connectivity index (χ4n) is 0. The molecule has 0 aromatic heterocycles. The summed E-state index contributed by atoms with van der Waals surface area (Å²) in [5, 5.41) is 0. The van der Waals surface area contributed by atoms with E-state index in [1.54, 1.807) is 0 Å². The van der Waals surface area contributed by atoms with E-state index in [9.17, 15) is 0 Å². The molecule has 0 aromatic carbocycles. The molecule has 0 aromatic rings. The molecule has 0 fully saturated rings. The Hall–Kier alpha value is 1.84. The summed E-state index contributed by atoms with van der Waals surface area (Å²) in [6, 6.07) is 0. The molecule has 0 saturated carbocycles. The molecule has 0 amide bonds. The van der Waals surface area contributed by atoms with Gasteiger partial charge in [0.05, 0.1) is 0 Å². The SMILES string of the molecule is O[Si](O)(O)O.[AlH3].[Er]. The third kappa shape index (κ3) is 79.2. The predicted molar refractivity (Wildman–Crippen MR) is 24.6 cm³/mol. The van der Waals surface area contributed by atoms with Crippen LogP contribution in [0.15, 0.2) is 0 Å². The van der Waals surface area contributed by atoms with Gasteiger partial charge in [0.1, 0.15) is 0 Å². The molecular weight excluding hydrogens is 286 g/mol. The first kappa shape index (κ1) is 15.9. The molecular formula is H7AlErO4Si. The second-order valence-electron chi connectivity index (χ2n) is 0.600. The smallest absolute Gasteiger partial charge is 0.368 e. The van der Waals surface area contributed by atoms with Gasteiger partial charge in [-0.3, -0.25) is 0 Å². The van der Waals surface area contributed by atoms with Crippen LogP contribution < -0.4 is 0 Å². The Bertz CT molecular complexity index is 27.2. The summed E-state index contributed by atoms with van der Waals surface area (Å²) in [4.78, 5) is 29.3. The molecule has 0 radical (unpaired) electrons. The third-order valence-electron chi connectivity index (χ3n) is 0. The van der Waals surface area contributed by atoms with Gasteiger partial charge in [0.15, 0.2) is 17.4 Å². The van der Waals surface area contributed by atoms with Crippen molar-refractivity contribution in [1.29, 1.82) is 0 Å². The van der Waals surface area contributed by atoms with E-state index in [2.05, 4.69) is 0 Å². The first-order chi connectivity index (χ1) is 2.00. The average Bonchev–Trinajstić information content (AvgIpc) is 0.722. The van der Waals surface area contributed by atoms with E-state index in [1.807, 2.05) is 0 Å². The zero-order chi connectivity index (χ0) is 4.50. The maximum atomic E-state index is 7.33. The molecule has 4 nitrogen and oxygen atoms in total. The Morgan fingerprint density at radius 3 is 0.857 bits per heavy atom. The minimum atomic E-state index is -4.61. The monoisotopic (exact) mass is 292 g/mol. The standard InChI is InChI=1S/Al.Er.H4O4Si.3H/c;;1-5(2,3)4;;;/h;;1-4H;;;. The van der Waals surface area contributed by atoms with Gasteiger partial charge in [0, 0.05) is 37.3 Å². The van der Waals surface area contributed by atoms with Crippen LogP contribution in [0.1, 0.15) is 0 Å². The van der Waals surface area contributed by atoms with Gasteiger partial charge in [-0.1, -0.05) is 0 Å². The summed E-state index contributed by atoms with van der Waals surface area (Å²) >= 11 is 0. The minimum Gasteiger partial charge on any atom is -0.368 e. The van der Waals surface area contributed by atoms with E-state index < -0.39 is 9.05 Å². The van der Waals surface area contributed by atoms with Crippen molar-refractivity contribution in [3.8, 4) is 0 Å². The van der Waals surface area contributed by atoms with E-state index >= 15 is 0 Å². The fraction of sp³-hybridized carbons (Fsp3) is 0. The zero-order valence-corrected chi connectivity index (χ0v) is 5.43. The van der Waals surface area contributed by atoms with Crippen LogP contribution in [-0.4, -0.2) is 45.6 Å². The van der Waals surface area contributed by atoms with Crippen LogP contribution in [0, 0.1) is 37.3 Å². The molecule has 0 aliphatic carbocycles. The van der Waals surface area contributed by atoms with Gasteiger partial charge >= 0.3 is 9.05 Å². The van der Waals surface area contributed by atoms with Crippen LogP contribution in [0.25, 0.3) is 0 Å². The van der Waals surface area contributed by atoms with Crippen LogP contribution in [0.3, 0.4) is 0 Å². The molecule has 0 heterocycles. The first-order valence-electron chi connectivity index (χ1n) is 0.894. The molecule has 0 unspecified atom stereocenters. The van der Waals surface area contributed by atoms with Gasteiger partial charge in [-0.25, -0.2) is 0 Å². The average molecular weight is 293 g/mol. The van der Waals surface area contributed by atoms with E-state index in [0.29, 0.717) is 0 Å². The van der Waals surface area contributed by atoms with Crippen molar-refractivity contribution in [2.45, 2.75) is 0 Å². The van der Waals surface area contributed by atoms with Gasteiger partial charge < -0.3 is 19.2 Å². The van der Waals surface area contributed by atoms with E-state index in [0.717, 1.165) is 0 Å². The molecule has 0 saturated heterocycles. The van der Waals surface area contributed by atoms with Crippen LogP contribution >= 0.6 is 0 Å². The molecule has 0 rings (SSSR count). The summed E-state index contributed by atoms with van der Waals surface area (Å²) in [5.74, 6) is 0. The summed E-state index contributed by atoms with van der Waals surface area (Å²) in [6.45, 7) is 0. The van der Waals surface area contributed by atoms with Gasteiger partial charge in [-0.2, -0.15) is 0 Å². The van der Waals surface area contributed by atoms with E-state index in [1.165, 1.54) is 0 Å². The predicted octanol–water partition coefficient (Wildman–Crippen LogP) is -3.79. The van der Waals surface area contributed by atoms with Gasteiger partial charge in [-0.05, 0) is 0 Å². The molecule has 4 N–H and O–H groups in total. The number of hydrogen-bond acceptors (Lipinski definition) is 4.